The van der Waals surface area contributed by atoms with Crippen LogP contribution < -0.4 is 5.32 Å². The predicted octanol–water partition coefficient (Wildman–Crippen LogP) is 4.02. The summed E-state index contributed by atoms with van der Waals surface area (Å²) in [5.74, 6) is -2.30. The Hall–Kier alpha value is -2.58. The Kier molecular flexibility index (Phi) is 4.55. The molecule has 0 spiro atoms. The highest BCUT2D eigenvalue weighted by atomic mass is 32.2. The Morgan fingerprint density at radius 1 is 1.07 bits per heavy atom. The maximum atomic E-state index is 14.6. The Morgan fingerprint density at radius 3 is 2.50 bits per heavy atom. The lowest BCUT2D eigenvalue weighted by Gasteiger charge is -2.14. The van der Waals surface area contributed by atoms with Crippen LogP contribution in [0.25, 0.3) is 11.3 Å². The Morgan fingerprint density at radius 2 is 1.82 bits per heavy atom. The van der Waals surface area contributed by atoms with Crippen LogP contribution in [0.15, 0.2) is 53.6 Å². The molecule has 0 aliphatic heterocycles. The molecule has 28 heavy (non-hydrogen) atoms. The summed E-state index contributed by atoms with van der Waals surface area (Å²) in [5.41, 5.74) is 1.56. The average Bonchev–Trinajstić information content (AvgIpc) is 3.21. The van der Waals surface area contributed by atoms with Crippen molar-refractivity contribution in [1.82, 2.24) is 9.29 Å². The molecule has 4 nitrogen and oxygen atoms in total. The van der Waals surface area contributed by atoms with Crippen LogP contribution in [0.1, 0.15) is 23.6 Å². The number of nitrogens with one attached hydrogen (secondary N) is 1. The van der Waals surface area contributed by atoms with E-state index in [9.17, 15) is 21.6 Å². The van der Waals surface area contributed by atoms with E-state index in [2.05, 4.69) is 5.32 Å². The zero-order valence-corrected chi connectivity index (χ0v) is 15.7. The largest absolute Gasteiger partial charge is 0.313 e. The van der Waals surface area contributed by atoms with E-state index in [1.54, 1.807) is 7.05 Å². The van der Waals surface area contributed by atoms with Crippen LogP contribution in [0.4, 0.5) is 13.2 Å². The number of hydrogen-bond acceptors (Lipinski definition) is 3. The van der Waals surface area contributed by atoms with E-state index >= 15 is 0 Å². The van der Waals surface area contributed by atoms with Crippen LogP contribution in [0.2, 0.25) is 0 Å². The third-order valence-electron chi connectivity index (χ3n) is 5.06. The lowest BCUT2D eigenvalue weighted by molar-refractivity contribution is 0.575. The molecule has 1 N–H and O–H groups in total. The first kappa shape index (κ1) is 18.8. The van der Waals surface area contributed by atoms with Crippen molar-refractivity contribution in [3.63, 3.8) is 0 Å². The van der Waals surface area contributed by atoms with Gasteiger partial charge in [-0.2, -0.15) is 0 Å². The Labute approximate surface area is 160 Å². The molecule has 1 aliphatic carbocycles. The van der Waals surface area contributed by atoms with Crippen molar-refractivity contribution in [2.24, 2.45) is 0 Å². The van der Waals surface area contributed by atoms with Gasteiger partial charge < -0.3 is 5.32 Å². The van der Waals surface area contributed by atoms with Crippen LogP contribution in [-0.2, 0) is 16.4 Å². The van der Waals surface area contributed by atoms with Gasteiger partial charge in [0.2, 0.25) is 0 Å². The molecule has 1 atom stereocenters. The second-order valence-electron chi connectivity index (χ2n) is 6.67. The van der Waals surface area contributed by atoms with Crippen molar-refractivity contribution in [2.45, 2.75) is 23.8 Å². The molecule has 0 saturated carbocycles. The first-order chi connectivity index (χ1) is 13.3. The fraction of sp³-hybridized carbons (Fsp3) is 0.200. The fourth-order valence-electron chi connectivity index (χ4n) is 3.74. The maximum absolute atomic E-state index is 14.6. The molecule has 0 fully saturated rings. The van der Waals surface area contributed by atoms with Crippen molar-refractivity contribution in [3.8, 4) is 11.3 Å². The minimum Gasteiger partial charge on any atom is -0.313 e. The molecule has 2 aromatic carbocycles. The van der Waals surface area contributed by atoms with Crippen LogP contribution in [0.5, 0.6) is 0 Å². The smallest absolute Gasteiger partial charge is 0.268 e. The summed E-state index contributed by atoms with van der Waals surface area (Å²) in [5, 5.41) is 3.11. The van der Waals surface area contributed by atoms with Crippen LogP contribution >= 0.6 is 0 Å². The number of fused-ring (bicyclic) bond motifs is 1. The van der Waals surface area contributed by atoms with Crippen LogP contribution in [0.3, 0.4) is 0 Å². The van der Waals surface area contributed by atoms with Gasteiger partial charge in [0, 0.05) is 23.9 Å². The molecule has 0 bridgehead atoms. The summed E-state index contributed by atoms with van der Waals surface area (Å²) >= 11 is 0. The van der Waals surface area contributed by atoms with Crippen molar-refractivity contribution in [1.29, 1.82) is 0 Å². The molecule has 1 unspecified atom stereocenters. The van der Waals surface area contributed by atoms with Crippen molar-refractivity contribution in [3.05, 3.63) is 77.2 Å². The molecule has 3 aromatic rings. The highest BCUT2D eigenvalue weighted by Gasteiger charge is 2.33. The number of halogens is 3. The van der Waals surface area contributed by atoms with Gasteiger partial charge in [-0.15, -0.1) is 0 Å². The van der Waals surface area contributed by atoms with E-state index in [1.165, 1.54) is 24.4 Å². The quantitative estimate of drug-likeness (QED) is 0.712. The summed E-state index contributed by atoms with van der Waals surface area (Å²) in [4.78, 5) is -0.244. The van der Waals surface area contributed by atoms with Gasteiger partial charge in [-0.3, -0.25) is 0 Å². The molecule has 1 aliphatic rings. The normalized spacial score (nSPS) is 16.4. The molecular weight excluding hydrogens is 389 g/mol. The molecule has 4 rings (SSSR count). The molecule has 0 radical (unpaired) electrons. The molecule has 0 saturated heterocycles. The standard InChI is InChI=1S/C20H17F3N2O2S/c1-24-19-8-7-15-17(19)11-25(20(15)16-6-5-13(22)10-18(16)23)28(26,27)14-4-2-3-12(21)9-14/h2-6,9-11,19,24H,7-8H2,1H3. The van der Waals surface area contributed by atoms with Crippen molar-refractivity contribution >= 4 is 10.0 Å². The average molecular weight is 406 g/mol. The van der Waals surface area contributed by atoms with Crippen molar-refractivity contribution in [2.75, 3.05) is 7.05 Å². The second-order valence-corrected chi connectivity index (χ2v) is 8.49. The number of hydrogen-bond donors (Lipinski definition) is 1. The second kappa shape index (κ2) is 6.79. The highest BCUT2D eigenvalue weighted by Crippen LogP contribution is 2.41. The predicted molar refractivity (Wildman–Crippen MR) is 98.9 cm³/mol. The Bertz CT molecular complexity index is 1170. The monoisotopic (exact) mass is 406 g/mol. The van der Waals surface area contributed by atoms with Crippen LogP contribution in [0, 0.1) is 17.5 Å². The molecule has 1 heterocycles. The summed E-state index contributed by atoms with van der Waals surface area (Å²) < 4.78 is 69.1. The van der Waals surface area contributed by atoms with Gasteiger partial charge >= 0.3 is 0 Å². The summed E-state index contributed by atoms with van der Waals surface area (Å²) in [6.45, 7) is 0. The van der Waals surface area contributed by atoms with E-state index in [-0.39, 0.29) is 22.2 Å². The maximum Gasteiger partial charge on any atom is 0.268 e. The van der Waals surface area contributed by atoms with Gasteiger partial charge in [0.25, 0.3) is 10.0 Å². The third-order valence-corrected chi connectivity index (χ3v) is 6.71. The molecule has 1 aromatic heterocycles. The lowest BCUT2D eigenvalue weighted by Crippen LogP contribution is -2.16. The number of aromatic nitrogens is 1. The SMILES string of the molecule is CNC1CCc2c1cn(S(=O)(=O)c1cccc(F)c1)c2-c1ccc(F)cc1F. The summed E-state index contributed by atoms with van der Waals surface area (Å²) in [7, 11) is -2.43. The van der Waals surface area contributed by atoms with Gasteiger partial charge in [0.1, 0.15) is 17.5 Å². The Balaban J connectivity index is 2.00. The van der Waals surface area contributed by atoms with Gasteiger partial charge in [-0.05, 0) is 61.3 Å². The minimum atomic E-state index is -4.19. The number of rotatable bonds is 4. The van der Waals surface area contributed by atoms with E-state index < -0.39 is 27.5 Å². The fourth-order valence-corrected chi connectivity index (χ4v) is 5.18. The number of nitrogens with zero attached hydrogens (tertiary/aromatic N) is 1. The zero-order chi connectivity index (χ0) is 20.1. The molecule has 146 valence electrons. The number of benzene rings is 2. The highest BCUT2D eigenvalue weighted by molar-refractivity contribution is 7.90. The van der Waals surface area contributed by atoms with E-state index in [0.717, 1.165) is 40.2 Å². The molecule has 8 heteroatoms. The first-order valence-corrected chi connectivity index (χ1v) is 10.1. The van der Waals surface area contributed by atoms with Crippen molar-refractivity contribution < 1.29 is 21.6 Å². The van der Waals surface area contributed by atoms with Crippen LogP contribution in [-0.4, -0.2) is 19.4 Å². The molecular formula is C20H17F3N2O2S. The van der Waals surface area contributed by atoms with Gasteiger partial charge in [0.15, 0.2) is 0 Å². The topological polar surface area (TPSA) is 51.1 Å². The summed E-state index contributed by atoms with van der Waals surface area (Å²) in [6.07, 6.45) is 2.72. The third kappa shape index (κ3) is 2.93. The van der Waals surface area contributed by atoms with E-state index in [4.69, 9.17) is 0 Å². The molecule has 0 amide bonds. The minimum absolute atomic E-state index is 0.0145. The lowest BCUT2D eigenvalue weighted by atomic mass is 10.1. The van der Waals surface area contributed by atoms with Gasteiger partial charge in [0.05, 0.1) is 10.6 Å². The first-order valence-electron chi connectivity index (χ1n) is 8.71. The van der Waals surface area contributed by atoms with E-state index in [0.29, 0.717) is 12.0 Å². The van der Waals surface area contributed by atoms with Gasteiger partial charge in [-0.25, -0.2) is 25.6 Å². The van der Waals surface area contributed by atoms with Gasteiger partial charge in [-0.1, -0.05) is 6.07 Å². The zero-order valence-electron chi connectivity index (χ0n) is 14.9. The van der Waals surface area contributed by atoms with E-state index in [1.807, 2.05) is 0 Å². The summed E-state index contributed by atoms with van der Waals surface area (Å²) in [6, 6.07) is 7.59.